The molecule has 9 aromatic rings. The van der Waals surface area contributed by atoms with E-state index in [1.54, 1.807) is 0 Å². The van der Waals surface area contributed by atoms with E-state index in [0.29, 0.717) is 22.8 Å². The number of anilines is 2. The Morgan fingerprint density at radius 3 is 1.03 bits per heavy atom. The summed E-state index contributed by atoms with van der Waals surface area (Å²) in [6, 6.07) is 49.0. The van der Waals surface area contributed by atoms with Gasteiger partial charge in [-0.2, -0.15) is 0 Å². The molecular formula is C92H108Br4N4O4. The van der Waals surface area contributed by atoms with Crippen molar-refractivity contribution in [3.05, 3.63) is 201 Å². The molecule has 3 aliphatic rings. The number of benzene rings is 8. The fourth-order valence-corrected chi connectivity index (χ4v) is 17.4. The number of hydrogen-bond acceptors (Lipinski definition) is 4. The SMILES string of the molecule is CCCCCCCCCCC(CCCCCCCC)CN1C(=O)C(c2ccc(Br)cc2)=c2ccc3c4c(ccc3c21)=C(c1ccc(Br)cc1)C(=O)N4CC(CCCCCCCC)CCCCCCCCCC.O=C1N=c2c(ccc3c2ccc2c(-c4ccc(Br)cc4)c(O)[nH]c23)=C1c1ccc(Br)cc1. The highest BCUT2D eigenvalue weighted by atomic mass is 79.9. The molecule has 2 atom stereocenters. The van der Waals surface area contributed by atoms with E-state index in [1.165, 1.54) is 180 Å². The van der Waals surface area contributed by atoms with E-state index in [0.717, 1.165) is 155 Å². The zero-order chi connectivity index (χ0) is 72.9. The van der Waals surface area contributed by atoms with Gasteiger partial charge in [-0.3, -0.25) is 14.4 Å². The van der Waals surface area contributed by atoms with Crippen molar-refractivity contribution in [2.24, 2.45) is 16.8 Å². The van der Waals surface area contributed by atoms with E-state index in [2.05, 4.69) is 184 Å². The van der Waals surface area contributed by atoms with E-state index in [-0.39, 0.29) is 23.6 Å². The summed E-state index contributed by atoms with van der Waals surface area (Å²) < 4.78 is 3.95. The van der Waals surface area contributed by atoms with Gasteiger partial charge in [0, 0.05) is 73.6 Å². The van der Waals surface area contributed by atoms with Gasteiger partial charge in [0.2, 0.25) is 0 Å². The lowest BCUT2D eigenvalue weighted by atomic mass is 9.92. The summed E-state index contributed by atoms with van der Waals surface area (Å²) in [6.45, 7) is 10.6. The molecule has 8 nitrogen and oxygen atoms in total. The van der Waals surface area contributed by atoms with Crippen LogP contribution in [0.15, 0.2) is 168 Å². The number of amides is 3. The van der Waals surface area contributed by atoms with Gasteiger partial charge in [-0.05, 0) is 108 Å². The predicted octanol–water partition coefficient (Wildman–Crippen LogP) is 24.8. The van der Waals surface area contributed by atoms with E-state index < -0.39 is 0 Å². The zero-order valence-electron chi connectivity index (χ0n) is 62.1. The molecule has 0 bridgehead atoms. The Balaban J connectivity index is 0.000000277. The highest BCUT2D eigenvalue weighted by molar-refractivity contribution is 9.11. The Labute approximate surface area is 652 Å². The molecule has 3 aliphatic heterocycles. The minimum Gasteiger partial charge on any atom is -0.494 e. The minimum atomic E-state index is -0.236. The van der Waals surface area contributed by atoms with E-state index in [4.69, 9.17) is 0 Å². The second kappa shape index (κ2) is 39.4. The fraction of sp³-hybridized carbons (Fsp3) is 0.435. The first-order chi connectivity index (χ1) is 50.8. The smallest absolute Gasteiger partial charge is 0.278 e. The van der Waals surface area contributed by atoms with Crippen molar-refractivity contribution in [2.75, 3.05) is 22.9 Å². The van der Waals surface area contributed by atoms with Crippen LogP contribution in [0.25, 0.3) is 60.3 Å². The number of carbonyl (C=O) groups is 3. The van der Waals surface area contributed by atoms with Gasteiger partial charge in [0.25, 0.3) is 17.7 Å². The van der Waals surface area contributed by atoms with Crippen molar-refractivity contribution >= 4 is 142 Å². The lowest BCUT2D eigenvalue weighted by molar-refractivity contribution is -0.114. The lowest BCUT2D eigenvalue weighted by Gasteiger charge is -2.28. The summed E-state index contributed by atoms with van der Waals surface area (Å²) in [5, 5.41) is 19.1. The number of H-pyrrole nitrogens is 1. The molecule has 1 aromatic heterocycles. The Hall–Kier alpha value is -6.44. The van der Waals surface area contributed by atoms with Crippen LogP contribution in [-0.4, -0.2) is 40.9 Å². The molecule has 0 fully saturated rings. The van der Waals surface area contributed by atoms with Gasteiger partial charge in [-0.25, -0.2) is 4.99 Å². The van der Waals surface area contributed by atoms with Crippen molar-refractivity contribution in [1.82, 2.24) is 4.98 Å². The molecule has 12 heteroatoms. The number of rotatable bonds is 40. The van der Waals surface area contributed by atoms with Gasteiger partial charge in [-0.1, -0.05) is 368 Å². The van der Waals surface area contributed by atoms with Crippen LogP contribution in [0.2, 0.25) is 0 Å². The van der Waals surface area contributed by atoms with Crippen LogP contribution in [0.3, 0.4) is 0 Å². The number of aromatic amines is 1. The van der Waals surface area contributed by atoms with Crippen molar-refractivity contribution in [3.63, 3.8) is 0 Å². The summed E-state index contributed by atoms with van der Waals surface area (Å²) >= 11 is 14.2. The van der Waals surface area contributed by atoms with E-state index in [9.17, 15) is 9.90 Å². The molecule has 0 spiro atoms. The Morgan fingerprint density at radius 2 is 0.654 bits per heavy atom. The van der Waals surface area contributed by atoms with Crippen LogP contribution in [0.5, 0.6) is 5.88 Å². The Morgan fingerprint density at radius 1 is 0.346 bits per heavy atom. The van der Waals surface area contributed by atoms with Crippen LogP contribution in [0.4, 0.5) is 11.4 Å². The van der Waals surface area contributed by atoms with Crippen molar-refractivity contribution in [1.29, 1.82) is 0 Å². The topological polar surface area (TPSA) is 106 Å². The lowest BCUT2D eigenvalue weighted by Crippen LogP contribution is -2.34. The standard InChI is InChI=1S/C66H94Br2N2O2.C26H14Br2N2O2/c1-5-9-13-17-21-23-27-31-35-51(33-29-25-19-15-11-7-3)49-69-63-57-45-48-60-62(54-39-43-56(68)44-40-54)66(72)70(50-52(34-30-26-20-16-12-8-4)36-32-28-24-22-18-14-10-6-2)64(60)58(57)46-47-59(63)61(65(69)71)53-37-41-55(67)42-38-53;27-15-5-1-13(2-6-15)21-19-11-9-18-17(23(19)29-25(21)31)10-12-20-22(26(32)30-24(18)20)14-3-7-16(28)8-4-14/h37-48,51-52H,5-36,49-50H2,1-4H3;1-12,29,31H. The molecular weight excluding hydrogens is 1540 g/mol. The monoisotopic (exact) mass is 1650 g/mol. The summed E-state index contributed by atoms with van der Waals surface area (Å²) in [5.74, 6) is 0.963. The molecule has 0 saturated heterocycles. The summed E-state index contributed by atoms with van der Waals surface area (Å²) in [5.41, 5.74) is 9.54. The molecule has 104 heavy (non-hydrogen) atoms. The first-order valence-electron chi connectivity index (χ1n) is 39.8. The van der Waals surface area contributed by atoms with Crippen LogP contribution in [0.1, 0.15) is 250 Å². The molecule has 4 heterocycles. The maximum Gasteiger partial charge on any atom is 0.278 e. The maximum atomic E-state index is 15.3. The largest absolute Gasteiger partial charge is 0.494 e. The maximum absolute atomic E-state index is 15.3. The second-order valence-electron chi connectivity index (χ2n) is 29.7. The predicted molar refractivity (Wildman–Crippen MR) is 452 cm³/mol. The molecule has 0 aliphatic carbocycles. The van der Waals surface area contributed by atoms with Gasteiger partial charge >= 0.3 is 0 Å². The van der Waals surface area contributed by atoms with Gasteiger partial charge in [0.1, 0.15) is 0 Å². The Kier molecular flexibility index (Phi) is 29.8. The molecule has 0 radical (unpaired) electrons. The molecule has 548 valence electrons. The molecule has 12 rings (SSSR count). The zero-order valence-corrected chi connectivity index (χ0v) is 68.4. The highest BCUT2D eigenvalue weighted by Gasteiger charge is 2.37. The molecule has 2 N–H and O–H groups in total. The molecule has 8 aromatic carbocycles. The normalized spacial score (nSPS) is 13.9. The third-order valence-corrected chi connectivity index (χ3v) is 24.2. The number of fused-ring (bicyclic) bond motifs is 10. The summed E-state index contributed by atoms with van der Waals surface area (Å²) in [4.78, 5) is 55.4. The van der Waals surface area contributed by atoms with E-state index in [1.807, 2.05) is 72.8 Å². The van der Waals surface area contributed by atoms with Crippen LogP contribution < -0.4 is 30.8 Å². The van der Waals surface area contributed by atoms with Crippen molar-refractivity contribution in [3.8, 4) is 17.0 Å². The molecule has 0 saturated carbocycles. The van der Waals surface area contributed by atoms with Gasteiger partial charge in [0.05, 0.1) is 44.5 Å². The molecule has 3 amide bonds. The van der Waals surface area contributed by atoms with Crippen molar-refractivity contribution in [2.45, 2.75) is 233 Å². The minimum absolute atomic E-state index is 0.114. The first-order valence-corrected chi connectivity index (χ1v) is 42.9. The number of nitrogens with one attached hydrogen (secondary N) is 1. The van der Waals surface area contributed by atoms with Crippen molar-refractivity contribution < 1.29 is 19.5 Å². The van der Waals surface area contributed by atoms with Gasteiger partial charge < -0.3 is 19.9 Å². The quantitative estimate of drug-likeness (QED) is 0.0373. The average Bonchev–Trinajstić information content (AvgIpc) is 1.56. The first kappa shape index (κ1) is 78.6. The van der Waals surface area contributed by atoms with Crippen LogP contribution >= 0.6 is 63.7 Å². The summed E-state index contributed by atoms with van der Waals surface area (Å²) in [7, 11) is 0. The average molecular weight is 1650 g/mol. The Bertz CT molecular complexity index is 4490. The fourth-order valence-electron chi connectivity index (χ4n) is 16.4. The summed E-state index contributed by atoms with van der Waals surface area (Å²) in [6.07, 6.45) is 41.0. The number of carbonyl (C=O) groups excluding carboxylic acids is 3. The number of aromatic hydroxyl groups is 1. The second-order valence-corrected chi connectivity index (χ2v) is 33.3. The van der Waals surface area contributed by atoms with Crippen LogP contribution in [-0.2, 0) is 14.4 Å². The molecule has 2 unspecified atom stereocenters. The third-order valence-electron chi connectivity index (χ3n) is 22.0. The number of aromatic nitrogens is 1. The van der Waals surface area contributed by atoms with E-state index >= 15 is 9.59 Å². The van der Waals surface area contributed by atoms with Gasteiger partial charge in [0.15, 0.2) is 5.88 Å². The van der Waals surface area contributed by atoms with Gasteiger partial charge in [-0.15, -0.1) is 0 Å². The third kappa shape index (κ3) is 19.5. The number of nitrogens with zero attached hydrogens (tertiary/aromatic N) is 3. The number of unbranched alkanes of at least 4 members (excludes halogenated alkanes) is 24. The number of halogens is 4. The highest BCUT2D eigenvalue weighted by Crippen LogP contribution is 2.42. The van der Waals surface area contributed by atoms with Crippen LogP contribution in [0, 0.1) is 11.8 Å². The number of hydrogen-bond donors (Lipinski definition) is 2.